The molecule has 0 atom stereocenters. The van der Waals surface area contributed by atoms with Gasteiger partial charge in [0.05, 0.1) is 11.8 Å². The highest BCUT2D eigenvalue weighted by Crippen LogP contribution is 2.24. The number of pyridine rings is 1. The van der Waals surface area contributed by atoms with Gasteiger partial charge in [0.15, 0.2) is 0 Å². The third kappa shape index (κ3) is 4.11. The molecular formula is C23H26N4O2. The van der Waals surface area contributed by atoms with Gasteiger partial charge in [-0.25, -0.2) is 4.98 Å². The number of hydrogen-bond acceptors (Lipinski definition) is 5. The Bertz CT molecular complexity index is 990. The van der Waals surface area contributed by atoms with Crippen LogP contribution in [0, 0.1) is 13.8 Å². The van der Waals surface area contributed by atoms with Crippen molar-refractivity contribution in [2.75, 3.05) is 36.0 Å². The average molecular weight is 390 g/mol. The molecule has 6 nitrogen and oxygen atoms in total. The van der Waals surface area contributed by atoms with Crippen LogP contribution in [0.4, 0.5) is 11.5 Å². The molecule has 1 N–H and O–H groups in total. The summed E-state index contributed by atoms with van der Waals surface area (Å²) in [4.78, 5) is 21.8. The van der Waals surface area contributed by atoms with Crippen molar-refractivity contribution in [1.82, 2.24) is 10.3 Å². The van der Waals surface area contributed by atoms with Gasteiger partial charge in [0, 0.05) is 50.2 Å². The molecule has 0 bridgehead atoms. The van der Waals surface area contributed by atoms with Crippen LogP contribution >= 0.6 is 0 Å². The molecule has 0 spiro atoms. The van der Waals surface area contributed by atoms with E-state index in [1.54, 1.807) is 13.0 Å². The molecule has 0 unspecified atom stereocenters. The number of nitrogens with zero attached hydrogens (tertiary/aromatic N) is 3. The molecule has 3 aromatic rings. The fraction of sp³-hybridized carbons (Fsp3) is 0.304. The molecule has 1 aromatic carbocycles. The second-order valence-electron chi connectivity index (χ2n) is 7.32. The Morgan fingerprint density at radius 3 is 2.52 bits per heavy atom. The van der Waals surface area contributed by atoms with Crippen LogP contribution in [-0.4, -0.2) is 37.1 Å². The number of carbonyl (C=O) groups excluding carboxylic acids is 1. The monoisotopic (exact) mass is 390 g/mol. The van der Waals surface area contributed by atoms with Crippen LogP contribution in [-0.2, 0) is 6.54 Å². The highest BCUT2D eigenvalue weighted by molar-refractivity contribution is 5.95. The summed E-state index contributed by atoms with van der Waals surface area (Å²) in [6.07, 6.45) is 3.35. The van der Waals surface area contributed by atoms with Gasteiger partial charge in [-0.1, -0.05) is 24.3 Å². The number of aromatic nitrogens is 1. The van der Waals surface area contributed by atoms with Crippen LogP contribution in [0.25, 0.3) is 0 Å². The first-order chi connectivity index (χ1) is 14.1. The van der Waals surface area contributed by atoms with Crippen molar-refractivity contribution in [1.29, 1.82) is 0 Å². The van der Waals surface area contributed by atoms with Crippen molar-refractivity contribution in [3.8, 4) is 0 Å². The van der Waals surface area contributed by atoms with E-state index in [4.69, 9.17) is 4.42 Å². The first kappa shape index (κ1) is 19.1. The minimum absolute atomic E-state index is 0.129. The molecule has 0 aliphatic carbocycles. The van der Waals surface area contributed by atoms with Crippen molar-refractivity contribution in [3.05, 3.63) is 77.4 Å². The summed E-state index contributed by atoms with van der Waals surface area (Å²) in [5, 5.41) is 2.99. The number of rotatable bonds is 5. The number of benzene rings is 1. The molecule has 29 heavy (non-hydrogen) atoms. The predicted molar refractivity (Wildman–Crippen MR) is 114 cm³/mol. The number of amides is 1. The van der Waals surface area contributed by atoms with Crippen LogP contribution in [0.1, 0.15) is 27.2 Å². The number of anilines is 2. The molecule has 1 aliphatic rings. The minimum Gasteiger partial charge on any atom is -0.469 e. The van der Waals surface area contributed by atoms with E-state index in [-0.39, 0.29) is 5.91 Å². The maximum absolute atomic E-state index is 12.4. The number of aryl methyl sites for hydroxylation is 2. The van der Waals surface area contributed by atoms with Gasteiger partial charge in [0.2, 0.25) is 0 Å². The number of piperazine rings is 1. The van der Waals surface area contributed by atoms with Crippen LogP contribution < -0.4 is 15.1 Å². The van der Waals surface area contributed by atoms with E-state index in [0.29, 0.717) is 17.9 Å². The Balaban J connectivity index is 1.42. The second-order valence-corrected chi connectivity index (χ2v) is 7.32. The number of furan rings is 1. The van der Waals surface area contributed by atoms with Crippen LogP contribution in [0.15, 0.2) is 59.3 Å². The van der Waals surface area contributed by atoms with Crippen LogP contribution in [0.3, 0.4) is 0 Å². The number of carbonyl (C=O) groups is 1. The van der Waals surface area contributed by atoms with Gasteiger partial charge in [-0.05, 0) is 37.6 Å². The van der Waals surface area contributed by atoms with E-state index in [0.717, 1.165) is 37.6 Å². The molecular weight excluding hydrogens is 364 g/mol. The Morgan fingerprint density at radius 1 is 1.03 bits per heavy atom. The van der Waals surface area contributed by atoms with E-state index < -0.39 is 0 Å². The van der Waals surface area contributed by atoms with Gasteiger partial charge < -0.3 is 19.5 Å². The summed E-state index contributed by atoms with van der Waals surface area (Å²) in [6, 6.07) is 14.1. The van der Waals surface area contributed by atoms with Crippen LogP contribution in [0.5, 0.6) is 0 Å². The lowest BCUT2D eigenvalue weighted by Gasteiger charge is -2.38. The van der Waals surface area contributed by atoms with Gasteiger partial charge in [-0.2, -0.15) is 0 Å². The van der Waals surface area contributed by atoms with E-state index >= 15 is 0 Å². The summed E-state index contributed by atoms with van der Waals surface area (Å²) in [5.41, 5.74) is 4.20. The zero-order chi connectivity index (χ0) is 20.2. The van der Waals surface area contributed by atoms with Gasteiger partial charge in [-0.15, -0.1) is 0 Å². The molecule has 150 valence electrons. The van der Waals surface area contributed by atoms with Crippen molar-refractivity contribution in [2.24, 2.45) is 0 Å². The van der Waals surface area contributed by atoms with Crippen molar-refractivity contribution in [2.45, 2.75) is 20.4 Å². The topological polar surface area (TPSA) is 61.6 Å². The third-order valence-corrected chi connectivity index (χ3v) is 5.45. The zero-order valence-electron chi connectivity index (χ0n) is 16.9. The van der Waals surface area contributed by atoms with Gasteiger partial charge in [0.25, 0.3) is 5.91 Å². The maximum atomic E-state index is 12.4. The first-order valence-corrected chi connectivity index (χ1v) is 9.95. The molecule has 1 saturated heterocycles. The largest absolute Gasteiger partial charge is 0.469 e. The fourth-order valence-electron chi connectivity index (χ4n) is 3.82. The highest BCUT2D eigenvalue weighted by Gasteiger charge is 2.21. The molecule has 2 aromatic heterocycles. The Hall–Kier alpha value is -3.28. The fourth-order valence-corrected chi connectivity index (χ4v) is 3.82. The summed E-state index contributed by atoms with van der Waals surface area (Å²) < 4.78 is 5.23. The number of para-hydroxylation sites is 1. The lowest BCUT2D eigenvalue weighted by molar-refractivity contribution is 0.0949. The Kier molecular flexibility index (Phi) is 5.51. The summed E-state index contributed by atoms with van der Waals surface area (Å²) in [5.74, 6) is 1.44. The van der Waals surface area contributed by atoms with Crippen molar-refractivity contribution >= 4 is 17.4 Å². The molecule has 1 aliphatic heterocycles. The second kappa shape index (κ2) is 8.39. The van der Waals surface area contributed by atoms with E-state index in [9.17, 15) is 4.79 Å². The molecule has 1 amide bonds. The minimum atomic E-state index is -0.129. The maximum Gasteiger partial charge on any atom is 0.255 e. The van der Waals surface area contributed by atoms with Gasteiger partial charge in [-0.3, -0.25) is 4.79 Å². The van der Waals surface area contributed by atoms with Gasteiger partial charge >= 0.3 is 0 Å². The van der Waals surface area contributed by atoms with Crippen molar-refractivity contribution < 1.29 is 9.21 Å². The summed E-state index contributed by atoms with van der Waals surface area (Å²) in [6.45, 7) is 8.06. The summed E-state index contributed by atoms with van der Waals surface area (Å²) in [7, 11) is 0. The van der Waals surface area contributed by atoms with Crippen LogP contribution in [0.2, 0.25) is 0 Å². The number of hydrogen-bond donors (Lipinski definition) is 1. The number of nitrogens with one attached hydrogen (secondary N) is 1. The SMILES string of the molecule is Cc1ccccc1N1CCN(c2ncccc2CNC(=O)c2ccoc2C)CC1. The molecule has 6 heteroatoms. The lowest BCUT2D eigenvalue weighted by atomic mass is 10.1. The normalized spacial score (nSPS) is 14.1. The predicted octanol–water partition coefficient (Wildman–Crippen LogP) is 3.55. The Labute approximate surface area is 171 Å². The summed E-state index contributed by atoms with van der Waals surface area (Å²) >= 11 is 0. The lowest BCUT2D eigenvalue weighted by Crippen LogP contribution is -2.47. The standard InChI is InChI=1S/C23H26N4O2/c1-17-6-3-4-8-21(17)26-11-13-27(14-12-26)22-19(7-5-10-24-22)16-25-23(28)20-9-15-29-18(20)2/h3-10,15H,11-14,16H2,1-2H3,(H,25,28). The third-order valence-electron chi connectivity index (χ3n) is 5.45. The highest BCUT2D eigenvalue weighted by atomic mass is 16.3. The zero-order valence-corrected chi connectivity index (χ0v) is 16.9. The van der Waals surface area contributed by atoms with E-state index in [2.05, 4.69) is 51.3 Å². The average Bonchev–Trinajstić information content (AvgIpc) is 3.19. The molecule has 3 heterocycles. The Morgan fingerprint density at radius 2 is 1.79 bits per heavy atom. The van der Waals surface area contributed by atoms with Crippen molar-refractivity contribution in [3.63, 3.8) is 0 Å². The molecule has 1 fully saturated rings. The quantitative estimate of drug-likeness (QED) is 0.722. The molecule has 0 saturated carbocycles. The molecule has 0 radical (unpaired) electrons. The first-order valence-electron chi connectivity index (χ1n) is 9.95. The molecule has 4 rings (SSSR count). The smallest absolute Gasteiger partial charge is 0.255 e. The van der Waals surface area contributed by atoms with Gasteiger partial charge in [0.1, 0.15) is 11.6 Å². The van der Waals surface area contributed by atoms with E-state index in [1.807, 2.05) is 18.3 Å². The van der Waals surface area contributed by atoms with E-state index in [1.165, 1.54) is 17.5 Å².